The second kappa shape index (κ2) is 5.86. The number of nitrogens with two attached hydrogens (primary N) is 1. The second-order valence-corrected chi connectivity index (χ2v) is 7.09. The van der Waals surface area contributed by atoms with Gasteiger partial charge in [0.05, 0.1) is 0 Å². The van der Waals surface area contributed by atoms with Gasteiger partial charge in [0, 0.05) is 31.4 Å². The molecule has 2 rings (SSSR count). The van der Waals surface area contributed by atoms with Gasteiger partial charge in [-0.15, -0.1) is 0 Å². The lowest BCUT2D eigenvalue weighted by Crippen LogP contribution is -2.53. The van der Waals surface area contributed by atoms with Gasteiger partial charge >= 0.3 is 0 Å². The maximum absolute atomic E-state index is 13.9. The Morgan fingerprint density at radius 3 is 2.38 bits per heavy atom. The van der Waals surface area contributed by atoms with Crippen LogP contribution in [-0.2, 0) is 10.0 Å². The largest absolute Gasteiger partial charge is 0.399 e. The van der Waals surface area contributed by atoms with Crippen molar-refractivity contribution in [1.82, 2.24) is 9.21 Å². The molecule has 0 spiro atoms. The Hall–Kier alpha value is -1.25. The van der Waals surface area contributed by atoms with E-state index in [-0.39, 0.29) is 24.8 Å². The first-order valence-corrected chi connectivity index (χ1v) is 8.16. The third-order valence-corrected chi connectivity index (χ3v) is 5.75. The number of hydrogen-bond acceptors (Lipinski definition) is 4. The lowest BCUT2D eigenvalue weighted by atomic mass is 10.1. The molecular formula is C13H19F2N3O2S. The van der Waals surface area contributed by atoms with Gasteiger partial charge < -0.3 is 10.6 Å². The summed E-state index contributed by atoms with van der Waals surface area (Å²) in [5.74, 6) is -2.31. The van der Waals surface area contributed by atoms with Crippen LogP contribution in [0.4, 0.5) is 14.5 Å². The van der Waals surface area contributed by atoms with E-state index < -0.39 is 26.6 Å². The number of rotatable bonds is 3. The van der Waals surface area contributed by atoms with Crippen molar-refractivity contribution in [2.24, 2.45) is 0 Å². The van der Waals surface area contributed by atoms with Crippen LogP contribution < -0.4 is 5.73 Å². The summed E-state index contributed by atoms with van der Waals surface area (Å²) in [7, 11) is -2.30. The molecule has 0 amide bonds. The van der Waals surface area contributed by atoms with Crippen LogP contribution >= 0.6 is 0 Å². The zero-order valence-electron chi connectivity index (χ0n) is 12.0. The number of nitrogens with zero attached hydrogens (tertiary/aromatic N) is 2. The standard InChI is InChI=1S/C13H19F2N3O2S/c1-3-10-8-18(5-4-17(10)2)21(19,20)13-11(14)6-9(16)7-12(13)15/h6-7,10H,3-5,8,16H2,1-2H3. The van der Waals surface area contributed by atoms with Gasteiger partial charge in [0.1, 0.15) is 11.6 Å². The molecule has 5 nitrogen and oxygen atoms in total. The molecule has 21 heavy (non-hydrogen) atoms. The molecule has 1 unspecified atom stereocenters. The Morgan fingerprint density at radius 2 is 1.86 bits per heavy atom. The number of anilines is 1. The fourth-order valence-electron chi connectivity index (χ4n) is 2.53. The third kappa shape index (κ3) is 3.02. The first kappa shape index (κ1) is 16.1. The number of nitrogen functional groups attached to an aromatic ring is 1. The van der Waals surface area contributed by atoms with Gasteiger partial charge in [-0.3, -0.25) is 0 Å². The van der Waals surface area contributed by atoms with Crippen molar-refractivity contribution in [3.8, 4) is 0 Å². The fourth-order valence-corrected chi connectivity index (χ4v) is 4.09. The summed E-state index contributed by atoms with van der Waals surface area (Å²) in [4.78, 5) is 1.12. The molecule has 1 fully saturated rings. The maximum atomic E-state index is 13.9. The van der Waals surface area contributed by atoms with Gasteiger partial charge in [-0.05, 0) is 25.6 Å². The number of benzene rings is 1. The van der Waals surface area contributed by atoms with Crippen LogP contribution in [0.25, 0.3) is 0 Å². The highest BCUT2D eigenvalue weighted by molar-refractivity contribution is 7.89. The van der Waals surface area contributed by atoms with E-state index in [0.717, 1.165) is 22.9 Å². The van der Waals surface area contributed by atoms with Gasteiger partial charge in [0.15, 0.2) is 4.90 Å². The van der Waals surface area contributed by atoms with E-state index in [4.69, 9.17) is 5.73 Å². The van der Waals surface area contributed by atoms with Crippen molar-refractivity contribution in [3.05, 3.63) is 23.8 Å². The van der Waals surface area contributed by atoms with E-state index in [1.54, 1.807) is 0 Å². The Bertz CT molecular complexity index is 613. The van der Waals surface area contributed by atoms with Crippen LogP contribution in [0, 0.1) is 11.6 Å². The molecule has 0 aliphatic carbocycles. The topological polar surface area (TPSA) is 66.6 Å². The average molecular weight is 319 g/mol. The van der Waals surface area contributed by atoms with Crippen LogP contribution in [0.2, 0.25) is 0 Å². The number of sulfonamides is 1. The highest BCUT2D eigenvalue weighted by Crippen LogP contribution is 2.26. The first-order valence-electron chi connectivity index (χ1n) is 6.72. The fraction of sp³-hybridized carbons (Fsp3) is 0.538. The smallest absolute Gasteiger partial charge is 0.249 e. The van der Waals surface area contributed by atoms with Crippen LogP contribution in [0.5, 0.6) is 0 Å². The minimum absolute atomic E-state index is 0.0356. The number of likely N-dealkylation sites (N-methyl/N-ethyl adjacent to an activating group) is 1. The average Bonchev–Trinajstić information content (AvgIpc) is 2.37. The molecule has 0 bridgehead atoms. The zero-order valence-corrected chi connectivity index (χ0v) is 12.8. The van der Waals surface area contributed by atoms with Gasteiger partial charge in [-0.2, -0.15) is 4.31 Å². The molecule has 0 aromatic heterocycles. The van der Waals surface area contributed by atoms with Crippen molar-refractivity contribution < 1.29 is 17.2 Å². The summed E-state index contributed by atoms with van der Waals surface area (Å²) in [5.41, 5.74) is 5.17. The second-order valence-electron chi connectivity index (χ2n) is 5.22. The lowest BCUT2D eigenvalue weighted by molar-refractivity contribution is 0.143. The highest BCUT2D eigenvalue weighted by atomic mass is 32.2. The molecule has 2 N–H and O–H groups in total. The lowest BCUT2D eigenvalue weighted by Gasteiger charge is -2.38. The Morgan fingerprint density at radius 1 is 1.29 bits per heavy atom. The molecule has 1 atom stereocenters. The van der Waals surface area contributed by atoms with Gasteiger partial charge in [0.2, 0.25) is 10.0 Å². The van der Waals surface area contributed by atoms with E-state index in [0.29, 0.717) is 6.54 Å². The predicted octanol–water partition coefficient (Wildman–Crippen LogP) is 1.26. The van der Waals surface area contributed by atoms with E-state index in [9.17, 15) is 17.2 Å². The predicted molar refractivity (Wildman–Crippen MR) is 76.2 cm³/mol. The van der Waals surface area contributed by atoms with Crippen LogP contribution in [0.1, 0.15) is 13.3 Å². The molecule has 1 aromatic rings. The van der Waals surface area contributed by atoms with E-state index in [2.05, 4.69) is 0 Å². The van der Waals surface area contributed by atoms with E-state index >= 15 is 0 Å². The number of halogens is 2. The SMILES string of the molecule is CCC1CN(S(=O)(=O)c2c(F)cc(N)cc2F)CCN1C. The summed E-state index contributed by atoms with van der Waals surface area (Å²) in [5, 5.41) is 0. The van der Waals surface area contributed by atoms with Crippen molar-refractivity contribution in [1.29, 1.82) is 0 Å². The van der Waals surface area contributed by atoms with Crippen molar-refractivity contribution >= 4 is 15.7 Å². The number of piperazine rings is 1. The monoisotopic (exact) mass is 319 g/mol. The number of hydrogen-bond donors (Lipinski definition) is 1. The van der Waals surface area contributed by atoms with Crippen molar-refractivity contribution in [2.75, 3.05) is 32.4 Å². The minimum Gasteiger partial charge on any atom is -0.399 e. The molecule has 0 radical (unpaired) electrons. The summed E-state index contributed by atoms with van der Waals surface area (Å²) in [6, 6.07) is 1.68. The molecule has 0 saturated carbocycles. The Kier molecular flexibility index (Phi) is 4.50. The summed E-state index contributed by atoms with van der Waals surface area (Å²) in [6.45, 7) is 2.90. The molecule has 1 heterocycles. The first-order chi connectivity index (χ1) is 9.77. The normalized spacial score (nSPS) is 21.6. The molecule has 118 valence electrons. The van der Waals surface area contributed by atoms with Crippen molar-refractivity contribution in [2.45, 2.75) is 24.3 Å². The third-order valence-electron chi connectivity index (χ3n) is 3.83. The molecule has 1 aliphatic rings. The van der Waals surface area contributed by atoms with Gasteiger partial charge in [-0.1, -0.05) is 6.92 Å². The summed E-state index contributed by atoms with van der Waals surface area (Å²) >= 11 is 0. The highest BCUT2D eigenvalue weighted by Gasteiger charge is 2.35. The summed E-state index contributed by atoms with van der Waals surface area (Å²) < 4.78 is 53.9. The molecule has 1 aromatic carbocycles. The van der Waals surface area contributed by atoms with Gasteiger partial charge in [0.25, 0.3) is 0 Å². The van der Waals surface area contributed by atoms with Crippen LogP contribution in [0.3, 0.4) is 0 Å². The molecule has 8 heteroatoms. The van der Waals surface area contributed by atoms with E-state index in [1.165, 1.54) is 0 Å². The van der Waals surface area contributed by atoms with Gasteiger partial charge in [-0.25, -0.2) is 17.2 Å². The zero-order chi connectivity index (χ0) is 15.8. The van der Waals surface area contributed by atoms with Crippen molar-refractivity contribution in [3.63, 3.8) is 0 Å². The Balaban J connectivity index is 2.39. The Labute approximate surface area is 123 Å². The van der Waals surface area contributed by atoms with Crippen LogP contribution in [-0.4, -0.2) is 50.3 Å². The van der Waals surface area contributed by atoms with E-state index in [1.807, 2.05) is 18.9 Å². The molecule has 1 aliphatic heterocycles. The quantitative estimate of drug-likeness (QED) is 0.852. The summed E-state index contributed by atoms with van der Waals surface area (Å²) in [6.07, 6.45) is 0.759. The molecule has 1 saturated heterocycles. The molecular weight excluding hydrogens is 300 g/mol. The maximum Gasteiger partial charge on any atom is 0.249 e. The minimum atomic E-state index is -4.21. The van der Waals surface area contributed by atoms with Crippen LogP contribution in [0.15, 0.2) is 17.0 Å².